The molecule has 20 heavy (non-hydrogen) atoms. The van der Waals surface area contributed by atoms with Gasteiger partial charge < -0.3 is 15.6 Å². The van der Waals surface area contributed by atoms with E-state index in [0.29, 0.717) is 35.2 Å². The minimum Gasteiger partial charge on any atom is -0.354 e. The molecule has 0 saturated carbocycles. The van der Waals surface area contributed by atoms with Crippen LogP contribution >= 0.6 is 0 Å². The van der Waals surface area contributed by atoms with Crippen molar-refractivity contribution in [3.63, 3.8) is 0 Å². The molecule has 2 heterocycles. The van der Waals surface area contributed by atoms with E-state index in [1.54, 1.807) is 18.2 Å². The lowest BCUT2D eigenvalue weighted by Gasteiger charge is -2.09. The van der Waals surface area contributed by atoms with E-state index >= 15 is 0 Å². The van der Waals surface area contributed by atoms with Crippen LogP contribution in [-0.4, -0.2) is 26.5 Å². The maximum absolute atomic E-state index is 13.7. The standard InChI is InChI=1S/C13H13FN6/c1-2-15-13-19-11-10(16-7-17-11)12(20-13)18-9-6-4-3-5-8(9)14/h3-7H,2H2,1H3,(H3,15,16,17,18,19,20). The van der Waals surface area contributed by atoms with E-state index in [9.17, 15) is 4.39 Å². The number of hydrogen-bond donors (Lipinski definition) is 3. The van der Waals surface area contributed by atoms with Crippen LogP contribution in [0.2, 0.25) is 0 Å². The molecule has 0 fully saturated rings. The van der Waals surface area contributed by atoms with Gasteiger partial charge in [0.2, 0.25) is 5.95 Å². The Morgan fingerprint density at radius 3 is 2.90 bits per heavy atom. The average Bonchev–Trinajstić information content (AvgIpc) is 2.90. The van der Waals surface area contributed by atoms with Crippen molar-refractivity contribution < 1.29 is 4.39 Å². The maximum atomic E-state index is 13.7. The molecule has 1 aromatic carbocycles. The summed E-state index contributed by atoms with van der Waals surface area (Å²) in [5.74, 6) is 0.586. The second kappa shape index (κ2) is 5.12. The van der Waals surface area contributed by atoms with Crippen LogP contribution in [0.5, 0.6) is 0 Å². The molecule has 0 saturated heterocycles. The van der Waals surface area contributed by atoms with Gasteiger partial charge in [-0.1, -0.05) is 12.1 Å². The van der Waals surface area contributed by atoms with Crippen molar-refractivity contribution in [1.82, 2.24) is 19.9 Å². The van der Waals surface area contributed by atoms with Crippen LogP contribution in [0, 0.1) is 5.82 Å². The summed E-state index contributed by atoms with van der Waals surface area (Å²) < 4.78 is 13.7. The Labute approximate surface area is 114 Å². The van der Waals surface area contributed by atoms with Gasteiger partial charge in [-0.3, -0.25) is 0 Å². The van der Waals surface area contributed by atoms with Crippen molar-refractivity contribution in [1.29, 1.82) is 0 Å². The van der Waals surface area contributed by atoms with Crippen molar-refractivity contribution in [2.75, 3.05) is 17.2 Å². The minimum absolute atomic E-state index is 0.344. The summed E-state index contributed by atoms with van der Waals surface area (Å²) in [5, 5.41) is 5.98. The highest BCUT2D eigenvalue weighted by atomic mass is 19.1. The number of rotatable bonds is 4. The first-order valence-corrected chi connectivity index (χ1v) is 6.24. The highest BCUT2D eigenvalue weighted by molar-refractivity contribution is 5.86. The Morgan fingerprint density at radius 2 is 2.10 bits per heavy atom. The molecule has 0 aliphatic carbocycles. The number of nitrogens with zero attached hydrogens (tertiary/aromatic N) is 3. The molecule has 7 heteroatoms. The van der Waals surface area contributed by atoms with Crippen LogP contribution in [0.1, 0.15) is 6.92 Å². The summed E-state index contributed by atoms with van der Waals surface area (Å²) in [5.41, 5.74) is 1.51. The summed E-state index contributed by atoms with van der Waals surface area (Å²) in [6.45, 7) is 2.64. The summed E-state index contributed by atoms with van der Waals surface area (Å²) in [7, 11) is 0. The smallest absolute Gasteiger partial charge is 0.226 e. The Balaban J connectivity index is 2.05. The monoisotopic (exact) mass is 272 g/mol. The first kappa shape index (κ1) is 12.3. The van der Waals surface area contributed by atoms with Gasteiger partial charge in [0.1, 0.15) is 11.3 Å². The average molecular weight is 272 g/mol. The molecular weight excluding hydrogens is 259 g/mol. The van der Waals surface area contributed by atoms with E-state index in [0.717, 1.165) is 0 Å². The van der Waals surface area contributed by atoms with Gasteiger partial charge in [-0.15, -0.1) is 0 Å². The van der Waals surface area contributed by atoms with E-state index in [4.69, 9.17) is 0 Å². The molecule has 0 aliphatic heterocycles. The third kappa shape index (κ3) is 2.25. The van der Waals surface area contributed by atoms with Crippen LogP contribution in [-0.2, 0) is 0 Å². The molecule has 3 rings (SSSR count). The van der Waals surface area contributed by atoms with Gasteiger partial charge >= 0.3 is 0 Å². The molecule has 102 valence electrons. The zero-order valence-corrected chi connectivity index (χ0v) is 10.8. The van der Waals surface area contributed by atoms with Crippen molar-refractivity contribution >= 4 is 28.6 Å². The summed E-state index contributed by atoms with van der Waals surface area (Å²) in [4.78, 5) is 15.6. The molecule has 3 aromatic rings. The third-order valence-corrected chi connectivity index (χ3v) is 2.75. The number of halogens is 1. The minimum atomic E-state index is -0.344. The first-order valence-electron chi connectivity index (χ1n) is 6.24. The molecule has 0 amide bonds. The van der Waals surface area contributed by atoms with Crippen LogP contribution in [0.25, 0.3) is 11.2 Å². The number of nitrogens with one attached hydrogen (secondary N) is 3. The van der Waals surface area contributed by atoms with Crippen molar-refractivity contribution in [2.45, 2.75) is 6.92 Å². The van der Waals surface area contributed by atoms with Gasteiger partial charge in [0.25, 0.3) is 0 Å². The van der Waals surface area contributed by atoms with Gasteiger partial charge in [0, 0.05) is 6.54 Å². The SMILES string of the molecule is CCNc1nc(Nc2ccccc2F)c2[nH]cnc2n1. The second-order valence-corrected chi connectivity index (χ2v) is 4.13. The van der Waals surface area contributed by atoms with Crippen molar-refractivity contribution in [2.24, 2.45) is 0 Å². The Kier molecular flexibility index (Phi) is 3.16. The molecule has 0 bridgehead atoms. The predicted molar refractivity (Wildman–Crippen MR) is 75.5 cm³/mol. The van der Waals surface area contributed by atoms with Gasteiger partial charge in [-0.05, 0) is 19.1 Å². The number of hydrogen-bond acceptors (Lipinski definition) is 5. The van der Waals surface area contributed by atoms with E-state index < -0.39 is 0 Å². The fraction of sp³-hybridized carbons (Fsp3) is 0.154. The number of fused-ring (bicyclic) bond motifs is 1. The molecule has 0 aliphatic rings. The number of anilines is 3. The number of H-pyrrole nitrogens is 1. The normalized spacial score (nSPS) is 10.7. The van der Waals surface area contributed by atoms with Crippen molar-refractivity contribution in [3.05, 3.63) is 36.4 Å². The fourth-order valence-electron chi connectivity index (χ4n) is 1.85. The number of imidazole rings is 1. The third-order valence-electron chi connectivity index (χ3n) is 2.75. The molecule has 2 aromatic heterocycles. The zero-order chi connectivity index (χ0) is 13.9. The number of aromatic nitrogens is 4. The molecule has 0 atom stereocenters. The highest BCUT2D eigenvalue weighted by Gasteiger charge is 2.11. The van der Waals surface area contributed by atoms with Crippen LogP contribution in [0.15, 0.2) is 30.6 Å². The quantitative estimate of drug-likeness (QED) is 0.680. The molecule has 0 spiro atoms. The van der Waals surface area contributed by atoms with Crippen LogP contribution < -0.4 is 10.6 Å². The zero-order valence-electron chi connectivity index (χ0n) is 10.8. The molecule has 0 radical (unpaired) electrons. The predicted octanol–water partition coefficient (Wildman–Crippen LogP) is 2.67. The lowest BCUT2D eigenvalue weighted by atomic mass is 10.3. The van der Waals surface area contributed by atoms with E-state index in [2.05, 4.69) is 30.6 Å². The van der Waals surface area contributed by atoms with E-state index in [-0.39, 0.29) is 5.82 Å². The van der Waals surface area contributed by atoms with Gasteiger partial charge in [-0.25, -0.2) is 9.37 Å². The largest absolute Gasteiger partial charge is 0.354 e. The number of benzene rings is 1. The van der Waals surface area contributed by atoms with Crippen molar-refractivity contribution in [3.8, 4) is 0 Å². The first-order chi connectivity index (χ1) is 9.78. The Bertz CT molecular complexity index is 739. The summed E-state index contributed by atoms with van der Waals surface area (Å²) >= 11 is 0. The topological polar surface area (TPSA) is 78.5 Å². The summed E-state index contributed by atoms with van der Waals surface area (Å²) in [6.07, 6.45) is 1.53. The molecule has 6 nitrogen and oxygen atoms in total. The fourth-order valence-corrected chi connectivity index (χ4v) is 1.85. The maximum Gasteiger partial charge on any atom is 0.226 e. The van der Waals surface area contributed by atoms with Gasteiger partial charge in [-0.2, -0.15) is 9.97 Å². The molecule has 0 unspecified atom stereocenters. The summed E-state index contributed by atoms with van der Waals surface area (Å²) in [6, 6.07) is 6.42. The lowest BCUT2D eigenvalue weighted by molar-refractivity contribution is 0.632. The van der Waals surface area contributed by atoms with Crippen LogP contribution in [0.3, 0.4) is 0 Å². The molecular formula is C13H13FN6. The van der Waals surface area contributed by atoms with Gasteiger partial charge in [0.15, 0.2) is 11.5 Å². The second-order valence-electron chi connectivity index (χ2n) is 4.13. The van der Waals surface area contributed by atoms with Gasteiger partial charge in [0.05, 0.1) is 12.0 Å². The number of aromatic amines is 1. The Hall–Kier alpha value is -2.70. The van der Waals surface area contributed by atoms with Crippen LogP contribution in [0.4, 0.5) is 21.8 Å². The molecule has 3 N–H and O–H groups in total. The Morgan fingerprint density at radius 1 is 1.25 bits per heavy atom. The highest BCUT2D eigenvalue weighted by Crippen LogP contribution is 2.24. The van der Waals surface area contributed by atoms with E-state index in [1.807, 2.05) is 6.92 Å². The number of para-hydroxylation sites is 1. The lowest BCUT2D eigenvalue weighted by Crippen LogP contribution is -2.05. The van der Waals surface area contributed by atoms with E-state index in [1.165, 1.54) is 12.4 Å².